The van der Waals surface area contributed by atoms with E-state index in [0.29, 0.717) is 5.41 Å². The Kier molecular flexibility index (Phi) is 5.77. The van der Waals surface area contributed by atoms with Crippen molar-refractivity contribution >= 4 is 0 Å². The lowest BCUT2D eigenvalue weighted by atomic mass is 9.81. The molecule has 0 spiro atoms. The van der Waals surface area contributed by atoms with Crippen LogP contribution >= 0.6 is 0 Å². The van der Waals surface area contributed by atoms with Crippen LogP contribution in [0.15, 0.2) is 0 Å². The maximum Gasteiger partial charge on any atom is 0.00640 e. The van der Waals surface area contributed by atoms with Crippen LogP contribution in [-0.4, -0.2) is 37.6 Å². The lowest BCUT2D eigenvalue weighted by Gasteiger charge is -2.36. The van der Waals surface area contributed by atoms with Crippen molar-refractivity contribution in [2.45, 2.75) is 58.9 Å². The van der Waals surface area contributed by atoms with E-state index in [0.717, 1.165) is 6.04 Å². The Hall–Kier alpha value is -0.0800. The first-order valence-electron chi connectivity index (χ1n) is 7.04. The number of hydrogen-bond acceptors (Lipinski definition) is 2. The first-order chi connectivity index (χ1) is 7.63. The van der Waals surface area contributed by atoms with Gasteiger partial charge in [-0.2, -0.15) is 0 Å². The van der Waals surface area contributed by atoms with E-state index in [2.05, 4.69) is 38.0 Å². The van der Waals surface area contributed by atoms with E-state index in [1.165, 1.54) is 51.7 Å². The lowest BCUT2D eigenvalue weighted by Crippen LogP contribution is -2.41. The molecule has 2 nitrogen and oxygen atoms in total. The molecule has 0 radical (unpaired) electrons. The van der Waals surface area contributed by atoms with Crippen LogP contribution in [0.3, 0.4) is 0 Å². The molecular formula is C14H30N2. The third-order valence-electron chi connectivity index (χ3n) is 4.16. The Labute approximate surface area is 102 Å². The van der Waals surface area contributed by atoms with Crippen molar-refractivity contribution in [3.63, 3.8) is 0 Å². The highest BCUT2D eigenvalue weighted by atomic mass is 15.1. The summed E-state index contributed by atoms with van der Waals surface area (Å²) in [4.78, 5) is 2.58. The van der Waals surface area contributed by atoms with Crippen molar-refractivity contribution in [2.75, 3.05) is 26.7 Å². The Morgan fingerprint density at radius 3 is 2.56 bits per heavy atom. The fraction of sp³-hybridized carbons (Fsp3) is 1.00. The molecule has 1 rings (SSSR count). The zero-order valence-corrected chi connectivity index (χ0v) is 11.7. The molecule has 96 valence electrons. The quantitative estimate of drug-likeness (QED) is 0.718. The van der Waals surface area contributed by atoms with Gasteiger partial charge in [0.1, 0.15) is 0 Å². The molecule has 0 aromatic carbocycles. The number of nitrogens with zero attached hydrogens (tertiary/aromatic N) is 1. The summed E-state index contributed by atoms with van der Waals surface area (Å²) in [5.74, 6) is 0. The maximum absolute atomic E-state index is 3.55. The van der Waals surface area contributed by atoms with Crippen LogP contribution in [0.25, 0.3) is 0 Å². The molecule has 0 saturated carbocycles. The monoisotopic (exact) mass is 226 g/mol. The topological polar surface area (TPSA) is 15.3 Å². The fourth-order valence-electron chi connectivity index (χ4n) is 3.08. The SMILES string of the molecule is CCCC(C)N(C)CC1(CCC)CCNC1. The van der Waals surface area contributed by atoms with Crippen molar-refractivity contribution in [3.05, 3.63) is 0 Å². The van der Waals surface area contributed by atoms with Crippen LogP contribution < -0.4 is 5.32 Å². The summed E-state index contributed by atoms with van der Waals surface area (Å²) in [6.45, 7) is 10.7. The second-order valence-electron chi connectivity index (χ2n) is 5.73. The summed E-state index contributed by atoms with van der Waals surface area (Å²) >= 11 is 0. The van der Waals surface area contributed by atoms with Crippen LogP contribution in [0.1, 0.15) is 52.9 Å². The minimum absolute atomic E-state index is 0.561. The molecule has 2 unspecified atom stereocenters. The third-order valence-corrected chi connectivity index (χ3v) is 4.16. The largest absolute Gasteiger partial charge is 0.316 e. The minimum atomic E-state index is 0.561. The number of hydrogen-bond donors (Lipinski definition) is 1. The standard InChI is InChI=1S/C14H30N2/c1-5-7-13(3)16(4)12-14(8-6-2)9-10-15-11-14/h13,15H,5-12H2,1-4H3. The molecule has 2 atom stereocenters. The molecule has 1 aliphatic heterocycles. The molecule has 1 N–H and O–H groups in total. The lowest BCUT2D eigenvalue weighted by molar-refractivity contribution is 0.140. The smallest absolute Gasteiger partial charge is 0.00640 e. The van der Waals surface area contributed by atoms with E-state index in [1.54, 1.807) is 0 Å². The summed E-state index contributed by atoms with van der Waals surface area (Å²) in [5, 5.41) is 3.55. The van der Waals surface area contributed by atoms with Gasteiger partial charge in [0, 0.05) is 19.1 Å². The van der Waals surface area contributed by atoms with Gasteiger partial charge in [-0.15, -0.1) is 0 Å². The van der Waals surface area contributed by atoms with Crippen molar-refractivity contribution in [1.29, 1.82) is 0 Å². The average Bonchev–Trinajstić information content (AvgIpc) is 2.67. The molecule has 1 saturated heterocycles. The first kappa shape index (κ1) is 14.0. The van der Waals surface area contributed by atoms with Gasteiger partial charge in [0.2, 0.25) is 0 Å². The summed E-state index contributed by atoms with van der Waals surface area (Å²) in [7, 11) is 2.30. The van der Waals surface area contributed by atoms with Gasteiger partial charge in [-0.25, -0.2) is 0 Å². The van der Waals surface area contributed by atoms with Crippen LogP contribution in [0.2, 0.25) is 0 Å². The van der Waals surface area contributed by atoms with Gasteiger partial charge in [0.25, 0.3) is 0 Å². The predicted molar refractivity (Wildman–Crippen MR) is 71.8 cm³/mol. The van der Waals surface area contributed by atoms with Gasteiger partial charge in [-0.1, -0.05) is 26.7 Å². The Bertz CT molecular complexity index is 185. The molecule has 0 amide bonds. The Balaban J connectivity index is 2.47. The highest BCUT2D eigenvalue weighted by molar-refractivity contribution is 4.90. The van der Waals surface area contributed by atoms with Crippen LogP contribution in [0.4, 0.5) is 0 Å². The molecular weight excluding hydrogens is 196 g/mol. The second-order valence-corrected chi connectivity index (χ2v) is 5.73. The molecule has 0 aliphatic carbocycles. The van der Waals surface area contributed by atoms with Gasteiger partial charge in [0.15, 0.2) is 0 Å². The normalized spacial score (nSPS) is 27.6. The second kappa shape index (κ2) is 6.61. The highest BCUT2D eigenvalue weighted by Gasteiger charge is 2.34. The zero-order valence-electron chi connectivity index (χ0n) is 11.7. The zero-order chi connectivity index (χ0) is 12.0. The van der Waals surface area contributed by atoms with Gasteiger partial charge < -0.3 is 10.2 Å². The summed E-state index contributed by atoms with van der Waals surface area (Å²) in [5.41, 5.74) is 0.561. The van der Waals surface area contributed by atoms with Crippen LogP contribution in [0.5, 0.6) is 0 Å². The molecule has 1 aliphatic rings. The van der Waals surface area contributed by atoms with E-state index in [4.69, 9.17) is 0 Å². The Morgan fingerprint density at radius 1 is 1.31 bits per heavy atom. The highest BCUT2D eigenvalue weighted by Crippen LogP contribution is 2.32. The molecule has 16 heavy (non-hydrogen) atoms. The van der Waals surface area contributed by atoms with Gasteiger partial charge in [-0.05, 0) is 45.2 Å². The van der Waals surface area contributed by atoms with Crippen LogP contribution in [-0.2, 0) is 0 Å². The predicted octanol–water partition coefficient (Wildman–Crippen LogP) is 2.89. The molecule has 0 aromatic heterocycles. The average molecular weight is 226 g/mol. The van der Waals surface area contributed by atoms with Gasteiger partial charge in [-0.3, -0.25) is 0 Å². The van der Waals surface area contributed by atoms with Crippen molar-refractivity contribution in [3.8, 4) is 0 Å². The fourth-order valence-corrected chi connectivity index (χ4v) is 3.08. The van der Waals surface area contributed by atoms with E-state index < -0.39 is 0 Å². The van der Waals surface area contributed by atoms with E-state index >= 15 is 0 Å². The summed E-state index contributed by atoms with van der Waals surface area (Å²) in [6.07, 6.45) is 6.68. The van der Waals surface area contributed by atoms with E-state index in [-0.39, 0.29) is 0 Å². The van der Waals surface area contributed by atoms with Crippen LogP contribution in [0, 0.1) is 5.41 Å². The van der Waals surface area contributed by atoms with E-state index in [1.807, 2.05) is 0 Å². The van der Waals surface area contributed by atoms with Gasteiger partial charge >= 0.3 is 0 Å². The number of nitrogens with one attached hydrogen (secondary N) is 1. The number of rotatable bonds is 7. The minimum Gasteiger partial charge on any atom is -0.316 e. The first-order valence-corrected chi connectivity index (χ1v) is 7.04. The maximum atomic E-state index is 3.55. The van der Waals surface area contributed by atoms with Crippen molar-refractivity contribution in [2.24, 2.45) is 5.41 Å². The van der Waals surface area contributed by atoms with E-state index in [9.17, 15) is 0 Å². The molecule has 1 heterocycles. The summed E-state index contributed by atoms with van der Waals surface area (Å²) in [6, 6.07) is 0.735. The molecule has 0 aromatic rings. The van der Waals surface area contributed by atoms with Crippen molar-refractivity contribution in [1.82, 2.24) is 10.2 Å². The van der Waals surface area contributed by atoms with Gasteiger partial charge in [0.05, 0.1) is 0 Å². The molecule has 2 heteroatoms. The molecule has 1 fully saturated rings. The summed E-state index contributed by atoms with van der Waals surface area (Å²) < 4.78 is 0. The Morgan fingerprint density at radius 2 is 2.06 bits per heavy atom. The molecule has 0 bridgehead atoms. The third kappa shape index (κ3) is 3.74. The van der Waals surface area contributed by atoms with Crippen molar-refractivity contribution < 1.29 is 0 Å².